The average Bonchev–Trinajstić information content (AvgIpc) is 3.35. The van der Waals surface area contributed by atoms with E-state index in [4.69, 9.17) is 0 Å². The lowest BCUT2D eigenvalue weighted by molar-refractivity contribution is 1.76. The van der Waals surface area contributed by atoms with Crippen LogP contribution in [0, 0.1) is 0 Å². The zero-order valence-electron chi connectivity index (χ0n) is 16.1. The number of hydrogen-bond donors (Lipinski definition) is 0. The van der Waals surface area contributed by atoms with E-state index in [-0.39, 0.29) is 0 Å². The van der Waals surface area contributed by atoms with Crippen molar-refractivity contribution in [3.05, 3.63) is 97.1 Å². The third-order valence-corrected chi connectivity index (χ3v) is 8.41. The van der Waals surface area contributed by atoms with Gasteiger partial charge in [-0.2, -0.15) is 0 Å². The zero-order valence-corrected chi connectivity index (χ0v) is 17.7. The Morgan fingerprint density at radius 3 is 1.90 bits per heavy atom. The highest BCUT2D eigenvalue weighted by Crippen LogP contribution is 2.45. The highest BCUT2D eigenvalue weighted by atomic mass is 32.1. The molecule has 2 heterocycles. The molecular formula is C28H16S2. The lowest BCUT2D eigenvalue weighted by Crippen LogP contribution is -1.83. The summed E-state index contributed by atoms with van der Waals surface area (Å²) in [6.07, 6.45) is 0. The minimum atomic E-state index is 1.30. The van der Waals surface area contributed by atoms with Crippen LogP contribution in [0.3, 0.4) is 0 Å². The highest BCUT2D eigenvalue weighted by Gasteiger charge is 2.15. The van der Waals surface area contributed by atoms with Gasteiger partial charge in [-0.15, -0.1) is 22.7 Å². The van der Waals surface area contributed by atoms with Gasteiger partial charge in [-0.3, -0.25) is 0 Å². The van der Waals surface area contributed by atoms with Crippen molar-refractivity contribution in [3.63, 3.8) is 0 Å². The normalized spacial score (nSPS) is 12.0. The van der Waals surface area contributed by atoms with Crippen molar-refractivity contribution in [2.24, 2.45) is 0 Å². The molecule has 30 heavy (non-hydrogen) atoms. The largest absolute Gasteiger partial charge is 0.135 e. The molecule has 0 amide bonds. The van der Waals surface area contributed by atoms with Crippen molar-refractivity contribution in [1.29, 1.82) is 0 Å². The van der Waals surface area contributed by atoms with E-state index in [1.807, 2.05) is 22.7 Å². The Bertz CT molecular complexity index is 1750. The van der Waals surface area contributed by atoms with Gasteiger partial charge in [0.1, 0.15) is 0 Å². The number of thiophene rings is 2. The van der Waals surface area contributed by atoms with Crippen molar-refractivity contribution < 1.29 is 0 Å². The summed E-state index contributed by atoms with van der Waals surface area (Å²) in [5, 5.41) is 8.06. The van der Waals surface area contributed by atoms with Crippen LogP contribution < -0.4 is 0 Å². The predicted molar refractivity (Wildman–Crippen MR) is 135 cm³/mol. The van der Waals surface area contributed by atoms with Gasteiger partial charge in [-0.05, 0) is 46.7 Å². The third-order valence-electron chi connectivity index (χ3n) is 6.06. The molecule has 0 fully saturated rings. The van der Waals surface area contributed by atoms with Gasteiger partial charge < -0.3 is 0 Å². The van der Waals surface area contributed by atoms with Gasteiger partial charge in [0, 0.05) is 45.9 Å². The molecule has 140 valence electrons. The molecule has 5 aromatic carbocycles. The summed E-state index contributed by atoms with van der Waals surface area (Å²) >= 11 is 3.79. The van der Waals surface area contributed by atoms with Gasteiger partial charge >= 0.3 is 0 Å². The van der Waals surface area contributed by atoms with Crippen LogP contribution in [0.15, 0.2) is 97.1 Å². The topological polar surface area (TPSA) is 0 Å². The standard InChI is InChI=1S/C28H16S2/c1-2-8-19-17(7-1)15-23-21-10-4-6-12-25(21)30-28(23)27(19)18-13-14-26-22(16-18)20-9-3-5-11-24(20)29-26/h1-16H. The predicted octanol–water partition coefficient (Wildman–Crippen LogP) is 9.24. The van der Waals surface area contributed by atoms with Crippen LogP contribution in [0.5, 0.6) is 0 Å². The lowest BCUT2D eigenvalue weighted by Gasteiger charge is -2.10. The third kappa shape index (κ3) is 2.26. The molecule has 0 bridgehead atoms. The van der Waals surface area contributed by atoms with E-state index in [0.717, 1.165) is 0 Å². The number of rotatable bonds is 1. The number of fused-ring (bicyclic) bond motifs is 7. The SMILES string of the molecule is c1ccc2c(-c3ccc4sc5ccccc5c4c3)c3sc4ccccc4c3cc2c1. The maximum absolute atomic E-state index is 2.40. The quantitative estimate of drug-likeness (QED) is 0.250. The summed E-state index contributed by atoms with van der Waals surface area (Å²) in [5.41, 5.74) is 2.67. The molecule has 2 heteroatoms. The van der Waals surface area contributed by atoms with E-state index in [0.29, 0.717) is 0 Å². The Kier molecular flexibility index (Phi) is 3.40. The maximum Gasteiger partial charge on any atom is 0.0440 e. The van der Waals surface area contributed by atoms with Gasteiger partial charge in [-0.25, -0.2) is 0 Å². The first-order valence-corrected chi connectivity index (χ1v) is 11.7. The Morgan fingerprint density at radius 2 is 1.07 bits per heavy atom. The van der Waals surface area contributed by atoms with Crippen LogP contribution in [0.4, 0.5) is 0 Å². The Morgan fingerprint density at radius 1 is 0.433 bits per heavy atom. The molecule has 0 radical (unpaired) electrons. The fourth-order valence-electron chi connectivity index (χ4n) is 4.69. The minimum Gasteiger partial charge on any atom is -0.135 e. The second-order valence-corrected chi connectivity index (χ2v) is 9.89. The van der Waals surface area contributed by atoms with Crippen molar-refractivity contribution >= 4 is 73.8 Å². The number of benzene rings is 5. The summed E-state index contributed by atoms with van der Waals surface area (Å²) in [6, 6.07) is 35.7. The first kappa shape index (κ1) is 16.6. The molecule has 2 aromatic heterocycles. The van der Waals surface area contributed by atoms with Crippen LogP contribution in [-0.2, 0) is 0 Å². The first-order valence-electron chi connectivity index (χ1n) is 10.1. The average molecular weight is 417 g/mol. The van der Waals surface area contributed by atoms with Gasteiger partial charge in [0.2, 0.25) is 0 Å². The lowest BCUT2D eigenvalue weighted by atomic mass is 9.94. The van der Waals surface area contributed by atoms with E-state index >= 15 is 0 Å². The van der Waals surface area contributed by atoms with E-state index in [9.17, 15) is 0 Å². The summed E-state index contributed by atoms with van der Waals surface area (Å²) in [4.78, 5) is 0. The molecular weight excluding hydrogens is 400 g/mol. The molecule has 0 aliphatic heterocycles. The van der Waals surface area contributed by atoms with Gasteiger partial charge in [-0.1, -0.05) is 66.7 Å². The van der Waals surface area contributed by atoms with Crippen molar-refractivity contribution in [2.75, 3.05) is 0 Å². The van der Waals surface area contributed by atoms with E-state index in [1.165, 1.54) is 62.2 Å². The molecule has 7 aromatic rings. The van der Waals surface area contributed by atoms with Crippen molar-refractivity contribution in [1.82, 2.24) is 0 Å². The molecule has 7 rings (SSSR count). The summed E-state index contributed by atoms with van der Waals surface area (Å²) in [7, 11) is 0. The monoisotopic (exact) mass is 416 g/mol. The smallest absolute Gasteiger partial charge is 0.0440 e. The van der Waals surface area contributed by atoms with Crippen LogP contribution in [0.25, 0.3) is 62.2 Å². The Labute approximate surface area is 181 Å². The van der Waals surface area contributed by atoms with Crippen LogP contribution in [0.1, 0.15) is 0 Å². The van der Waals surface area contributed by atoms with Crippen LogP contribution in [-0.4, -0.2) is 0 Å². The molecule has 0 unspecified atom stereocenters. The molecule has 0 nitrogen and oxygen atoms in total. The number of hydrogen-bond acceptors (Lipinski definition) is 2. The Hall–Kier alpha value is -3.20. The Balaban J connectivity index is 1.66. The fourth-order valence-corrected chi connectivity index (χ4v) is 7.04. The fraction of sp³-hybridized carbons (Fsp3) is 0. The summed E-state index contributed by atoms with van der Waals surface area (Å²) in [6.45, 7) is 0. The second-order valence-electron chi connectivity index (χ2n) is 7.76. The van der Waals surface area contributed by atoms with Crippen molar-refractivity contribution in [2.45, 2.75) is 0 Å². The molecule has 0 spiro atoms. The molecule has 0 saturated carbocycles. The van der Waals surface area contributed by atoms with Crippen LogP contribution in [0.2, 0.25) is 0 Å². The second kappa shape index (κ2) is 6.15. The van der Waals surface area contributed by atoms with E-state index in [2.05, 4.69) is 97.1 Å². The molecule has 0 atom stereocenters. The van der Waals surface area contributed by atoms with E-state index in [1.54, 1.807) is 0 Å². The van der Waals surface area contributed by atoms with Gasteiger partial charge in [0.15, 0.2) is 0 Å². The summed E-state index contributed by atoms with van der Waals surface area (Å²) < 4.78 is 5.45. The van der Waals surface area contributed by atoms with Gasteiger partial charge in [0.05, 0.1) is 0 Å². The summed E-state index contributed by atoms with van der Waals surface area (Å²) in [5.74, 6) is 0. The van der Waals surface area contributed by atoms with E-state index < -0.39 is 0 Å². The van der Waals surface area contributed by atoms with Crippen LogP contribution >= 0.6 is 22.7 Å². The molecule has 0 N–H and O–H groups in total. The molecule has 0 saturated heterocycles. The van der Waals surface area contributed by atoms with Crippen molar-refractivity contribution in [3.8, 4) is 11.1 Å². The zero-order chi connectivity index (χ0) is 19.7. The highest BCUT2D eigenvalue weighted by molar-refractivity contribution is 7.26. The molecule has 0 aliphatic rings. The molecule has 0 aliphatic carbocycles. The van der Waals surface area contributed by atoms with Gasteiger partial charge in [0.25, 0.3) is 0 Å². The first-order chi connectivity index (χ1) is 14.9. The maximum atomic E-state index is 2.40. The minimum absolute atomic E-state index is 1.30.